The maximum absolute atomic E-state index is 13.7. The second-order valence-electron chi connectivity index (χ2n) is 15.0. The standard InChI is InChI=1S/C37H66N4O8/c1-8-9-10-11-12-13-14-15-16-17-27-23-32(42)38-28(18-19-33(43)44)34(45)39-29(20-24(2)3)35(46)40-30(21-25(4)5)36(47)41-31(22-26(6)7)37(48)49-27/h24-31H,8-23H2,1-7H3,(H,38,42)(H,39,45)(H,40,46)(H,41,47)(H,43,44)/t27-,28-,29-,30+,31-/m0/s1. The Bertz CT molecular complexity index is 1050. The van der Waals surface area contributed by atoms with Gasteiger partial charge in [0.15, 0.2) is 0 Å². The van der Waals surface area contributed by atoms with Crippen molar-refractivity contribution < 1.29 is 38.6 Å². The van der Waals surface area contributed by atoms with Crippen molar-refractivity contribution in [2.75, 3.05) is 0 Å². The molecule has 1 saturated heterocycles. The van der Waals surface area contributed by atoms with Gasteiger partial charge in [-0.2, -0.15) is 0 Å². The third kappa shape index (κ3) is 19.6. The van der Waals surface area contributed by atoms with Crippen LogP contribution in [-0.2, 0) is 33.5 Å². The Kier molecular flexibility index (Phi) is 21.5. The van der Waals surface area contributed by atoms with E-state index in [2.05, 4.69) is 28.2 Å². The van der Waals surface area contributed by atoms with Gasteiger partial charge in [0.2, 0.25) is 23.6 Å². The van der Waals surface area contributed by atoms with Gasteiger partial charge in [0.1, 0.15) is 30.3 Å². The van der Waals surface area contributed by atoms with E-state index in [9.17, 15) is 33.9 Å². The van der Waals surface area contributed by atoms with Crippen molar-refractivity contribution in [1.82, 2.24) is 21.3 Å². The number of amides is 4. The summed E-state index contributed by atoms with van der Waals surface area (Å²) in [6.07, 6.45) is 9.51. The van der Waals surface area contributed by atoms with Crippen LogP contribution in [0.15, 0.2) is 0 Å². The molecule has 5 N–H and O–H groups in total. The van der Waals surface area contributed by atoms with Gasteiger partial charge in [0.25, 0.3) is 0 Å². The highest BCUT2D eigenvalue weighted by Crippen LogP contribution is 2.18. The molecule has 0 bridgehead atoms. The molecule has 0 aliphatic carbocycles. The monoisotopic (exact) mass is 694 g/mol. The van der Waals surface area contributed by atoms with Crippen molar-refractivity contribution in [3.05, 3.63) is 0 Å². The van der Waals surface area contributed by atoms with E-state index in [1.807, 2.05) is 41.5 Å². The zero-order valence-corrected chi connectivity index (χ0v) is 31.2. The number of carboxylic acid groups (broad SMARTS) is 1. The molecule has 0 spiro atoms. The molecule has 0 aromatic rings. The van der Waals surface area contributed by atoms with E-state index >= 15 is 0 Å². The molecule has 49 heavy (non-hydrogen) atoms. The summed E-state index contributed by atoms with van der Waals surface area (Å²) in [4.78, 5) is 79.2. The molecule has 1 heterocycles. The van der Waals surface area contributed by atoms with Crippen molar-refractivity contribution in [3.8, 4) is 0 Å². The molecular formula is C37H66N4O8. The van der Waals surface area contributed by atoms with E-state index in [1.54, 1.807) is 0 Å². The minimum atomic E-state index is -1.23. The fourth-order valence-electron chi connectivity index (χ4n) is 6.04. The first kappa shape index (κ1) is 43.8. The number of carbonyl (C=O) groups excluding carboxylic acids is 5. The number of esters is 1. The Morgan fingerprint density at radius 2 is 1.06 bits per heavy atom. The van der Waals surface area contributed by atoms with E-state index < -0.39 is 65.8 Å². The third-order valence-corrected chi connectivity index (χ3v) is 8.61. The van der Waals surface area contributed by atoms with E-state index in [0.717, 1.165) is 25.7 Å². The molecule has 1 aliphatic heterocycles. The second kappa shape index (κ2) is 24.1. The summed E-state index contributed by atoms with van der Waals surface area (Å²) in [5, 5.41) is 20.3. The van der Waals surface area contributed by atoms with Crippen LogP contribution in [0.25, 0.3) is 0 Å². The van der Waals surface area contributed by atoms with Crippen molar-refractivity contribution in [1.29, 1.82) is 0 Å². The summed E-state index contributed by atoms with van der Waals surface area (Å²) in [6, 6.07) is -4.24. The lowest BCUT2D eigenvalue weighted by atomic mass is 9.98. The fraction of sp³-hybridized carbons (Fsp3) is 0.838. The molecule has 1 fully saturated rings. The Balaban J connectivity index is 3.38. The Morgan fingerprint density at radius 3 is 1.53 bits per heavy atom. The van der Waals surface area contributed by atoms with Gasteiger partial charge in [-0.05, 0) is 56.3 Å². The number of hydrogen-bond acceptors (Lipinski definition) is 7. The van der Waals surface area contributed by atoms with Crippen molar-refractivity contribution in [3.63, 3.8) is 0 Å². The van der Waals surface area contributed by atoms with Crippen molar-refractivity contribution in [2.24, 2.45) is 17.8 Å². The lowest BCUT2D eigenvalue weighted by Crippen LogP contribution is -2.58. The predicted molar refractivity (Wildman–Crippen MR) is 189 cm³/mol. The van der Waals surface area contributed by atoms with Crippen LogP contribution in [0.2, 0.25) is 0 Å². The highest BCUT2D eigenvalue weighted by Gasteiger charge is 2.34. The summed E-state index contributed by atoms with van der Waals surface area (Å²) < 4.78 is 5.92. The molecule has 12 heteroatoms. The van der Waals surface area contributed by atoms with Crippen LogP contribution < -0.4 is 21.3 Å². The molecule has 5 atom stereocenters. The van der Waals surface area contributed by atoms with E-state index in [0.29, 0.717) is 19.3 Å². The van der Waals surface area contributed by atoms with Crippen LogP contribution in [-0.4, -0.2) is 70.9 Å². The molecule has 0 aromatic carbocycles. The largest absolute Gasteiger partial charge is 0.481 e. The predicted octanol–water partition coefficient (Wildman–Crippen LogP) is 5.17. The van der Waals surface area contributed by atoms with Crippen LogP contribution in [0.4, 0.5) is 0 Å². The van der Waals surface area contributed by atoms with Crippen LogP contribution in [0.3, 0.4) is 0 Å². The molecule has 4 amide bonds. The lowest BCUT2D eigenvalue weighted by Gasteiger charge is -2.29. The SMILES string of the molecule is CCCCCCCCCCC[C@H]1CC(=O)N[C@@H](CCC(=O)O)C(=O)N[C@@H](CC(C)C)C(=O)N[C@H](CC(C)C)C(=O)N[C@@H](CC(C)C)C(=O)O1. The van der Waals surface area contributed by atoms with Crippen molar-refractivity contribution >= 4 is 35.6 Å². The van der Waals surface area contributed by atoms with E-state index in [1.165, 1.54) is 32.1 Å². The first-order valence-electron chi connectivity index (χ1n) is 18.8. The molecule has 12 nitrogen and oxygen atoms in total. The normalized spacial score (nSPS) is 23.2. The smallest absolute Gasteiger partial charge is 0.328 e. The molecule has 1 aliphatic rings. The Labute approximate surface area is 294 Å². The second-order valence-corrected chi connectivity index (χ2v) is 15.0. The maximum Gasteiger partial charge on any atom is 0.328 e. The number of hydrogen-bond donors (Lipinski definition) is 5. The summed E-state index contributed by atoms with van der Waals surface area (Å²) >= 11 is 0. The number of aliphatic carboxylic acids is 1. The topological polar surface area (TPSA) is 180 Å². The minimum absolute atomic E-state index is 0.0157. The van der Waals surface area contributed by atoms with Crippen LogP contribution in [0, 0.1) is 17.8 Å². The first-order valence-corrected chi connectivity index (χ1v) is 18.8. The van der Waals surface area contributed by atoms with Gasteiger partial charge < -0.3 is 31.1 Å². The zero-order chi connectivity index (χ0) is 36.9. The number of nitrogens with one attached hydrogen (secondary N) is 4. The molecule has 1 rings (SSSR count). The average Bonchev–Trinajstić information content (AvgIpc) is 2.99. The summed E-state index contributed by atoms with van der Waals surface area (Å²) in [6.45, 7) is 13.6. The highest BCUT2D eigenvalue weighted by atomic mass is 16.5. The number of unbranched alkanes of at least 4 members (excludes halogenated alkanes) is 8. The van der Waals surface area contributed by atoms with Gasteiger partial charge in [-0.25, -0.2) is 4.79 Å². The third-order valence-electron chi connectivity index (χ3n) is 8.61. The van der Waals surface area contributed by atoms with Crippen LogP contribution in [0.1, 0.15) is 151 Å². The first-order chi connectivity index (χ1) is 23.1. The molecule has 0 unspecified atom stereocenters. The highest BCUT2D eigenvalue weighted by molar-refractivity contribution is 5.95. The van der Waals surface area contributed by atoms with Gasteiger partial charge in [-0.1, -0.05) is 99.8 Å². The number of carboxylic acids is 1. The zero-order valence-electron chi connectivity index (χ0n) is 31.2. The summed E-state index contributed by atoms with van der Waals surface area (Å²) in [7, 11) is 0. The average molecular weight is 695 g/mol. The van der Waals surface area contributed by atoms with Crippen LogP contribution >= 0.6 is 0 Å². The number of carbonyl (C=O) groups is 6. The van der Waals surface area contributed by atoms with Gasteiger partial charge in [-0.15, -0.1) is 0 Å². The molecule has 0 radical (unpaired) electrons. The molecular weight excluding hydrogens is 628 g/mol. The maximum atomic E-state index is 13.7. The number of cyclic esters (lactones) is 1. The van der Waals surface area contributed by atoms with Gasteiger partial charge in [0, 0.05) is 6.42 Å². The van der Waals surface area contributed by atoms with Gasteiger partial charge >= 0.3 is 11.9 Å². The summed E-state index contributed by atoms with van der Waals surface area (Å²) in [5.74, 6) is -4.14. The summed E-state index contributed by atoms with van der Waals surface area (Å²) in [5.41, 5.74) is 0. The van der Waals surface area contributed by atoms with Crippen LogP contribution in [0.5, 0.6) is 0 Å². The van der Waals surface area contributed by atoms with Crippen molar-refractivity contribution in [2.45, 2.75) is 181 Å². The number of ether oxygens (including phenoxy) is 1. The molecule has 0 aromatic heterocycles. The van der Waals surface area contributed by atoms with Gasteiger partial charge in [-0.3, -0.25) is 24.0 Å². The Morgan fingerprint density at radius 1 is 0.633 bits per heavy atom. The van der Waals surface area contributed by atoms with E-state index in [-0.39, 0.29) is 43.4 Å². The quantitative estimate of drug-likeness (QED) is 0.0908. The van der Waals surface area contributed by atoms with E-state index in [4.69, 9.17) is 4.74 Å². The minimum Gasteiger partial charge on any atom is -0.481 e. The number of rotatable bonds is 19. The molecule has 282 valence electrons. The fourth-order valence-corrected chi connectivity index (χ4v) is 6.04. The molecule has 0 saturated carbocycles. The van der Waals surface area contributed by atoms with Gasteiger partial charge in [0.05, 0.1) is 6.42 Å². The lowest BCUT2D eigenvalue weighted by molar-refractivity contribution is -0.155. The Hall–Kier alpha value is -3.18.